The van der Waals surface area contributed by atoms with E-state index in [0.29, 0.717) is 5.56 Å². The average Bonchev–Trinajstić information content (AvgIpc) is 2.62. The molecule has 1 atom stereocenters. The first-order chi connectivity index (χ1) is 6.27. The predicted molar refractivity (Wildman–Crippen MR) is 47.2 cm³/mol. The summed E-state index contributed by atoms with van der Waals surface area (Å²) in [6.07, 6.45) is 3.14. The molecule has 0 spiro atoms. The van der Waals surface area contributed by atoms with Crippen LogP contribution in [0.15, 0.2) is 30.7 Å². The number of halogens is 1. The fraction of sp³-hybridized carbons (Fsp3) is 0.200. The molecule has 1 N–H and O–H groups in total. The third kappa shape index (κ3) is 1.49. The molecule has 13 heavy (non-hydrogen) atoms. The van der Waals surface area contributed by atoms with Crippen molar-refractivity contribution in [3.63, 3.8) is 0 Å². The Morgan fingerprint density at radius 2 is 2.31 bits per heavy atom. The van der Waals surface area contributed by atoms with Crippen molar-refractivity contribution >= 4 is 0 Å². The molecule has 1 heterocycles. The minimum absolute atomic E-state index is 0.167. The molecule has 1 aromatic rings. The van der Waals surface area contributed by atoms with E-state index >= 15 is 0 Å². The number of benzene rings is 1. The van der Waals surface area contributed by atoms with Gasteiger partial charge in [-0.2, -0.15) is 0 Å². The lowest BCUT2D eigenvalue weighted by atomic mass is 10.1. The number of ether oxygens (including phenoxy) is 1. The van der Waals surface area contributed by atoms with Gasteiger partial charge in [-0.25, -0.2) is 4.39 Å². The van der Waals surface area contributed by atoms with Gasteiger partial charge in [-0.3, -0.25) is 0 Å². The van der Waals surface area contributed by atoms with Gasteiger partial charge in [0.2, 0.25) is 0 Å². The van der Waals surface area contributed by atoms with E-state index in [1.54, 1.807) is 31.5 Å². The van der Waals surface area contributed by atoms with Crippen LogP contribution in [0.3, 0.4) is 0 Å². The molecule has 0 aromatic heterocycles. The van der Waals surface area contributed by atoms with Crippen LogP contribution in [0.2, 0.25) is 0 Å². The van der Waals surface area contributed by atoms with E-state index in [1.807, 2.05) is 0 Å². The van der Waals surface area contributed by atoms with Gasteiger partial charge in [0.15, 0.2) is 6.23 Å². The fourth-order valence-corrected chi connectivity index (χ4v) is 1.29. The van der Waals surface area contributed by atoms with Crippen molar-refractivity contribution in [1.82, 2.24) is 5.32 Å². The molecule has 0 saturated carbocycles. The van der Waals surface area contributed by atoms with E-state index in [-0.39, 0.29) is 12.0 Å². The number of hydrogen-bond acceptors (Lipinski definition) is 2. The molecule has 0 amide bonds. The quantitative estimate of drug-likeness (QED) is 0.713. The highest BCUT2D eigenvalue weighted by Crippen LogP contribution is 2.20. The summed E-state index contributed by atoms with van der Waals surface area (Å²) in [5.41, 5.74) is 1.57. The summed E-state index contributed by atoms with van der Waals surface area (Å²) in [6.45, 7) is 1.74. The van der Waals surface area contributed by atoms with Crippen molar-refractivity contribution in [3.8, 4) is 0 Å². The van der Waals surface area contributed by atoms with Crippen LogP contribution >= 0.6 is 0 Å². The Balaban J connectivity index is 2.26. The van der Waals surface area contributed by atoms with Crippen molar-refractivity contribution < 1.29 is 9.13 Å². The van der Waals surface area contributed by atoms with Crippen molar-refractivity contribution in [3.05, 3.63) is 47.6 Å². The average molecular weight is 179 g/mol. The monoisotopic (exact) mass is 179 g/mol. The first-order valence-electron chi connectivity index (χ1n) is 4.10. The van der Waals surface area contributed by atoms with Crippen LogP contribution in [0.1, 0.15) is 17.4 Å². The van der Waals surface area contributed by atoms with Crippen LogP contribution in [0, 0.1) is 12.7 Å². The van der Waals surface area contributed by atoms with Gasteiger partial charge in [-0.05, 0) is 24.6 Å². The van der Waals surface area contributed by atoms with Crippen molar-refractivity contribution in [2.75, 3.05) is 0 Å². The molecule has 2 rings (SSSR count). The zero-order chi connectivity index (χ0) is 9.26. The summed E-state index contributed by atoms with van der Waals surface area (Å²) in [7, 11) is 0. The zero-order valence-electron chi connectivity index (χ0n) is 7.25. The lowest BCUT2D eigenvalue weighted by Gasteiger charge is -2.11. The second-order valence-corrected chi connectivity index (χ2v) is 2.99. The minimum atomic E-state index is -0.185. The van der Waals surface area contributed by atoms with Crippen molar-refractivity contribution in [2.45, 2.75) is 13.2 Å². The van der Waals surface area contributed by atoms with E-state index in [0.717, 1.165) is 5.56 Å². The second kappa shape index (κ2) is 3.09. The van der Waals surface area contributed by atoms with Gasteiger partial charge >= 0.3 is 0 Å². The van der Waals surface area contributed by atoms with Crippen molar-refractivity contribution in [1.29, 1.82) is 0 Å². The number of hydrogen-bond donors (Lipinski definition) is 1. The van der Waals surface area contributed by atoms with Crippen LogP contribution in [-0.2, 0) is 4.74 Å². The normalized spacial score (nSPS) is 19.7. The highest BCUT2D eigenvalue weighted by molar-refractivity contribution is 5.26. The molecule has 0 fully saturated rings. The zero-order valence-corrected chi connectivity index (χ0v) is 7.25. The molecular formula is C10H10FNO. The standard InChI is InChI=1S/C10H10FNO/c1-7-6-8(2-3-9(7)11)10-12-4-5-13-10/h2-6,10,12H,1H3. The molecular weight excluding hydrogens is 169 g/mol. The molecule has 2 nitrogen and oxygen atoms in total. The third-order valence-electron chi connectivity index (χ3n) is 2.02. The maximum absolute atomic E-state index is 12.9. The summed E-state index contributed by atoms with van der Waals surface area (Å²) in [5.74, 6) is -0.185. The Labute approximate surface area is 76.0 Å². The fourth-order valence-electron chi connectivity index (χ4n) is 1.29. The topological polar surface area (TPSA) is 21.3 Å². The smallest absolute Gasteiger partial charge is 0.195 e. The first-order valence-corrected chi connectivity index (χ1v) is 4.10. The highest BCUT2D eigenvalue weighted by Gasteiger charge is 2.13. The predicted octanol–water partition coefficient (Wildman–Crippen LogP) is 2.22. The molecule has 0 radical (unpaired) electrons. The lowest BCUT2D eigenvalue weighted by Crippen LogP contribution is -2.11. The van der Waals surface area contributed by atoms with Gasteiger partial charge in [-0.15, -0.1) is 0 Å². The van der Waals surface area contributed by atoms with Crippen LogP contribution < -0.4 is 5.32 Å². The van der Waals surface area contributed by atoms with Crippen molar-refractivity contribution in [2.24, 2.45) is 0 Å². The second-order valence-electron chi connectivity index (χ2n) is 2.99. The van der Waals surface area contributed by atoms with Crippen LogP contribution in [0.4, 0.5) is 4.39 Å². The van der Waals surface area contributed by atoms with Crippen LogP contribution in [0.25, 0.3) is 0 Å². The highest BCUT2D eigenvalue weighted by atomic mass is 19.1. The van der Waals surface area contributed by atoms with E-state index in [4.69, 9.17) is 4.74 Å². The van der Waals surface area contributed by atoms with Gasteiger partial charge in [0, 0.05) is 11.8 Å². The molecule has 1 aliphatic rings. The first kappa shape index (κ1) is 8.10. The van der Waals surface area contributed by atoms with Crippen LogP contribution in [-0.4, -0.2) is 0 Å². The summed E-state index contributed by atoms with van der Waals surface area (Å²) in [5, 5.41) is 2.99. The Hall–Kier alpha value is -1.51. The van der Waals surface area contributed by atoms with Crippen LogP contribution in [0.5, 0.6) is 0 Å². The summed E-state index contributed by atoms with van der Waals surface area (Å²) >= 11 is 0. The van der Waals surface area contributed by atoms with E-state index in [9.17, 15) is 4.39 Å². The van der Waals surface area contributed by atoms with Gasteiger partial charge in [0.05, 0.1) is 0 Å². The summed E-state index contributed by atoms with van der Waals surface area (Å²) < 4.78 is 18.1. The molecule has 1 aromatic carbocycles. The summed E-state index contributed by atoms with van der Waals surface area (Å²) in [4.78, 5) is 0. The van der Waals surface area contributed by atoms with Gasteiger partial charge in [0.1, 0.15) is 12.1 Å². The Morgan fingerprint density at radius 1 is 1.46 bits per heavy atom. The molecule has 3 heteroatoms. The maximum atomic E-state index is 12.9. The molecule has 0 saturated heterocycles. The molecule has 1 aliphatic heterocycles. The minimum Gasteiger partial charge on any atom is -0.473 e. The van der Waals surface area contributed by atoms with E-state index in [1.165, 1.54) is 6.07 Å². The number of nitrogens with one attached hydrogen (secondary N) is 1. The van der Waals surface area contributed by atoms with E-state index in [2.05, 4.69) is 5.32 Å². The Bertz CT molecular complexity index is 341. The maximum Gasteiger partial charge on any atom is 0.195 e. The number of rotatable bonds is 1. The van der Waals surface area contributed by atoms with E-state index < -0.39 is 0 Å². The summed E-state index contributed by atoms with van der Waals surface area (Å²) in [6, 6.07) is 4.95. The molecule has 0 bridgehead atoms. The SMILES string of the molecule is Cc1cc(C2NC=CO2)ccc1F. The molecule has 68 valence electrons. The number of aryl methyl sites for hydroxylation is 1. The largest absolute Gasteiger partial charge is 0.473 e. The third-order valence-corrected chi connectivity index (χ3v) is 2.02. The molecule has 1 unspecified atom stereocenters. The van der Waals surface area contributed by atoms with Gasteiger partial charge in [-0.1, -0.05) is 6.07 Å². The Kier molecular flexibility index (Phi) is 1.93. The Morgan fingerprint density at radius 3 is 2.92 bits per heavy atom. The lowest BCUT2D eigenvalue weighted by molar-refractivity contribution is 0.154. The van der Waals surface area contributed by atoms with Gasteiger partial charge < -0.3 is 10.1 Å². The molecule has 0 aliphatic carbocycles. The van der Waals surface area contributed by atoms with Gasteiger partial charge in [0.25, 0.3) is 0 Å².